The number of hydrogen-bond donors (Lipinski definition) is 0. The second-order valence-electron chi connectivity index (χ2n) is 6.26. The normalized spacial score (nSPS) is 14.6. The van der Waals surface area contributed by atoms with Crippen molar-refractivity contribution in [1.82, 2.24) is 0 Å². The van der Waals surface area contributed by atoms with Gasteiger partial charge in [-0.15, -0.1) is 0 Å². The molecule has 0 bridgehead atoms. The highest BCUT2D eigenvalue weighted by molar-refractivity contribution is 5.94. The van der Waals surface area contributed by atoms with Gasteiger partial charge in [-0.2, -0.15) is 0 Å². The van der Waals surface area contributed by atoms with Crippen LogP contribution < -0.4 is 0 Å². The predicted octanol–water partition coefficient (Wildman–Crippen LogP) is 2.68. The van der Waals surface area contributed by atoms with Crippen molar-refractivity contribution in [2.24, 2.45) is 11.3 Å². The summed E-state index contributed by atoms with van der Waals surface area (Å²) >= 11 is 0. The van der Waals surface area contributed by atoms with Crippen LogP contribution in [-0.4, -0.2) is 30.4 Å². The van der Waals surface area contributed by atoms with Crippen molar-refractivity contribution in [2.45, 2.75) is 54.1 Å². The highest BCUT2D eigenvalue weighted by Gasteiger charge is 2.34. The Morgan fingerprint density at radius 1 is 1.19 bits per heavy atom. The summed E-state index contributed by atoms with van der Waals surface area (Å²) in [5, 5.41) is 0. The Labute approximate surface area is 126 Å². The molecule has 0 radical (unpaired) electrons. The number of carbonyl (C=O) groups excluding carboxylic acids is 3. The van der Waals surface area contributed by atoms with Gasteiger partial charge < -0.3 is 9.47 Å². The van der Waals surface area contributed by atoms with E-state index in [1.54, 1.807) is 13.0 Å². The summed E-state index contributed by atoms with van der Waals surface area (Å²) < 4.78 is 10.5. The molecule has 0 aromatic carbocycles. The lowest BCUT2D eigenvalue weighted by atomic mass is 9.82. The molecular formula is C16H26O5. The second-order valence-corrected chi connectivity index (χ2v) is 6.26. The average Bonchev–Trinajstić information content (AvgIpc) is 2.31. The summed E-state index contributed by atoms with van der Waals surface area (Å²) in [5.74, 6) is -1.38. The summed E-state index contributed by atoms with van der Waals surface area (Å²) in [6, 6.07) is 0. The molecule has 1 unspecified atom stereocenters. The van der Waals surface area contributed by atoms with Gasteiger partial charge in [-0.05, 0) is 19.3 Å². The van der Waals surface area contributed by atoms with Crippen molar-refractivity contribution in [1.29, 1.82) is 0 Å². The number of Topliss-reactive ketones (excluding diaryl/α,β-unsaturated/α-hetero) is 1. The first-order valence-electron chi connectivity index (χ1n) is 7.06. The minimum absolute atomic E-state index is 0.151. The van der Waals surface area contributed by atoms with Gasteiger partial charge in [-0.3, -0.25) is 9.59 Å². The van der Waals surface area contributed by atoms with Gasteiger partial charge in [-0.1, -0.05) is 33.8 Å². The molecule has 0 aromatic heterocycles. The Kier molecular flexibility index (Phi) is 7.92. The molecule has 0 spiro atoms. The number of esters is 2. The third-order valence-electron chi connectivity index (χ3n) is 2.81. The Hall–Kier alpha value is -1.65. The molecule has 0 amide bonds. The van der Waals surface area contributed by atoms with Crippen LogP contribution in [0.1, 0.15) is 48.0 Å². The molecule has 5 heteroatoms. The first-order valence-corrected chi connectivity index (χ1v) is 7.06. The van der Waals surface area contributed by atoms with Crippen molar-refractivity contribution >= 4 is 17.7 Å². The lowest BCUT2D eigenvalue weighted by Crippen LogP contribution is -2.39. The summed E-state index contributed by atoms with van der Waals surface area (Å²) in [5.41, 5.74) is -0.321. The highest BCUT2D eigenvalue weighted by atomic mass is 16.6. The molecule has 0 aliphatic heterocycles. The Balaban J connectivity index is 4.72. The third kappa shape index (κ3) is 8.27. The predicted molar refractivity (Wildman–Crippen MR) is 79.6 cm³/mol. The molecule has 0 heterocycles. The summed E-state index contributed by atoms with van der Waals surface area (Å²) in [6.07, 6.45) is 2.25. The molecule has 0 fully saturated rings. The van der Waals surface area contributed by atoms with E-state index in [2.05, 4.69) is 0 Å². The molecule has 5 nitrogen and oxygen atoms in total. The van der Waals surface area contributed by atoms with Crippen LogP contribution in [0.4, 0.5) is 0 Å². The van der Waals surface area contributed by atoms with E-state index in [4.69, 9.17) is 9.47 Å². The molecule has 120 valence electrons. The molecular weight excluding hydrogens is 272 g/mol. The van der Waals surface area contributed by atoms with Gasteiger partial charge in [0.2, 0.25) is 0 Å². The zero-order chi connectivity index (χ0) is 16.6. The SMILES string of the molecule is CC=CC(=O)OC[C@@H](C)C(OC(=O)CC(C)=O)C(C)(C)C. The fourth-order valence-electron chi connectivity index (χ4n) is 2.02. The number of ether oxygens (including phenoxy) is 2. The molecule has 0 saturated carbocycles. The number of ketones is 1. The van der Waals surface area contributed by atoms with Gasteiger partial charge >= 0.3 is 11.9 Å². The molecule has 0 aliphatic carbocycles. The monoisotopic (exact) mass is 298 g/mol. The molecule has 0 saturated heterocycles. The Bertz CT molecular complexity index is 403. The van der Waals surface area contributed by atoms with Crippen molar-refractivity contribution in [2.75, 3.05) is 6.61 Å². The van der Waals surface area contributed by atoms with Gasteiger partial charge in [-0.25, -0.2) is 4.79 Å². The molecule has 0 rings (SSSR count). The average molecular weight is 298 g/mol. The molecule has 0 N–H and O–H groups in total. The van der Waals surface area contributed by atoms with Crippen LogP contribution in [0.25, 0.3) is 0 Å². The first-order chi connectivity index (χ1) is 9.57. The molecule has 0 aromatic rings. The first kappa shape index (κ1) is 19.4. The van der Waals surface area contributed by atoms with Crippen molar-refractivity contribution in [3.05, 3.63) is 12.2 Å². The lowest BCUT2D eigenvalue weighted by Gasteiger charge is -2.34. The minimum Gasteiger partial charge on any atom is -0.462 e. The van der Waals surface area contributed by atoms with Crippen LogP contribution in [-0.2, 0) is 23.9 Å². The largest absolute Gasteiger partial charge is 0.462 e. The number of rotatable bonds is 7. The zero-order valence-corrected chi connectivity index (χ0v) is 13.8. The molecule has 21 heavy (non-hydrogen) atoms. The maximum absolute atomic E-state index is 11.7. The maximum atomic E-state index is 11.7. The van der Waals surface area contributed by atoms with E-state index in [9.17, 15) is 14.4 Å². The van der Waals surface area contributed by atoms with Crippen molar-refractivity contribution in [3.63, 3.8) is 0 Å². The second kappa shape index (κ2) is 8.60. The highest BCUT2D eigenvalue weighted by Crippen LogP contribution is 2.29. The van der Waals surface area contributed by atoms with E-state index in [1.165, 1.54) is 13.0 Å². The quantitative estimate of drug-likeness (QED) is 0.410. The fourth-order valence-corrected chi connectivity index (χ4v) is 2.02. The van der Waals surface area contributed by atoms with Gasteiger partial charge in [0, 0.05) is 12.0 Å². The standard InChI is InChI=1S/C16H26O5/c1-7-8-13(18)20-10-11(2)15(16(4,5)6)21-14(19)9-12(3)17/h7-8,11,15H,9-10H2,1-6H3/t11-,15?/m1/s1. The van der Waals surface area contributed by atoms with Gasteiger partial charge in [0.15, 0.2) is 0 Å². The third-order valence-corrected chi connectivity index (χ3v) is 2.81. The Morgan fingerprint density at radius 2 is 1.76 bits per heavy atom. The van der Waals surface area contributed by atoms with Crippen molar-refractivity contribution in [3.8, 4) is 0 Å². The van der Waals surface area contributed by atoms with E-state index in [1.807, 2.05) is 27.7 Å². The zero-order valence-electron chi connectivity index (χ0n) is 13.8. The summed E-state index contributed by atoms with van der Waals surface area (Å²) in [6.45, 7) is 10.9. The lowest BCUT2D eigenvalue weighted by molar-refractivity contribution is -0.162. The van der Waals surface area contributed by atoms with E-state index >= 15 is 0 Å². The van der Waals surface area contributed by atoms with Gasteiger partial charge in [0.05, 0.1) is 6.61 Å². The van der Waals surface area contributed by atoms with Crippen molar-refractivity contribution < 1.29 is 23.9 Å². The van der Waals surface area contributed by atoms with E-state index < -0.39 is 18.0 Å². The van der Waals surface area contributed by atoms with E-state index in [-0.39, 0.29) is 30.1 Å². The number of allylic oxidation sites excluding steroid dienone is 1. The van der Waals surface area contributed by atoms with Crippen LogP contribution in [0.3, 0.4) is 0 Å². The number of hydrogen-bond acceptors (Lipinski definition) is 5. The minimum atomic E-state index is -0.547. The van der Waals surface area contributed by atoms with Crippen LogP contribution >= 0.6 is 0 Å². The number of carbonyl (C=O) groups is 3. The Morgan fingerprint density at radius 3 is 2.19 bits per heavy atom. The van der Waals surface area contributed by atoms with Crippen LogP contribution in [0.2, 0.25) is 0 Å². The van der Waals surface area contributed by atoms with Crippen LogP contribution in [0, 0.1) is 11.3 Å². The summed E-state index contributed by atoms with van der Waals surface area (Å²) in [4.78, 5) is 34.0. The summed E-state index contributed by atoms with van der Waals surface area (Å²) in [7, 11) is 0. The van der Waals surface area contributed by atoms with Gasteiger partial charge in [0.1, 0.15) is 18.3 Å². The molecule has 0 aliphatic rings. The van der Waals surface area contributed by atoms with Gasteiger partial charge in [0.25, 0.3) is 0 Å². The van der Waals surface area contributed by atoms with E-state index in [0.717, 1.165) is 0 Å². The maximum Gasteiger partial charge on any atom is 0.330 e. The van der Waals surface area contributed by atoms with Crippen LogP contribution in [0.15, 0.2) is 12.2 Å². The molecule has 2 atom stereocenters. The fraction of sp³-hybridized carbons (Fsp3) is 0.688. The smallest absolute Gasteiger partial charge is 0.330 e. The van der Waals surface area contributed by atoms with E-state index in [0.29, 0.717) is 0 Å². The van der Waals surface area contributed by atoms with Crippen LogP contribution in [0.5, 0.6) is 0 Å². The topological polar surface area (TPSA) is 69.7 Å².